The molecule has 2 aromatic rings. The van der Waals surface area contributed by atoms with Crippen LogP contribution in [0.5, 0.6) is 0 Å². The SMILES string of the molecule is C=C1OCc2cc(CS(=O)(=O)Cc3cc(F)c(C)c(F)c3)ccc2N1CCC. The van der Waals surface area contributed by atoms with Gasteiger partial charge in [0.25, 0.3) is 0 Å². The van der Waals surface area contributed by atoms with E-state index >= 15 is 0 Å². The van der Waals surface area contributed by atoms with Crippen LogP contribution in [-0.2, 0) is 32.7 Å². The summed E-state index contributed by atoms with van der Waals surface area (Å²) in [5.74, 6) is -1.54. The predicted molar refractivity (Wildman–Crippen MR) is 105 cm³/mol. The Morgan fingerprint density at radius 2 is 1.75 bits per heavy atom. The highest BCUT2D eigenvalue weighted by atomic mass is 32.2. The van der Waals surface area contributed by atoms with E-state index in [1.165, 1.54) is 6.92 Å². The monoisotopic (exact) mass is 407 g/mol. The Labute approximate surface area is 164 Å². The number of ether oxygens (including phenoxy) is 1. The van der Waals surface area contributed by atoms with E-state index in [1.54, 1.807) is 12.1 Å². The summed E-state index contributed by atoms with van der Waals surface area (Å²) in [4.78, 5) is 1.97. The highest BCUT2D eigenvalue weighted by Gasteiger charge is 2.22. The second-order valence-electron chi connectivity index (χ2n) is 7.01. The van der Waals surface area contributed by atoms with Crippen molar-refractivity contribution in [3.8, 4) is 0 Å². The maximum absolute atomic E-state index is 13.7. The van der Waals surface area contributed by atoms with Gasteiger partial charge in [-0.25, -0.2) is 17.2 Å². The Bertz CT molecular complexity index is 995. The van der Waals surface area contributed by atoms with Crippen molar-refractivity contribution in [3.05, 3.63) is 76.7 Å². The summed E-state index contributed by atoms with van der Waals surface area (Å²) < 4.78 is 58.1. The number of halogens is 2. The molecule has 1 aliphatic heterocycles. The minimum absolute atomic E-state index is 0.104. The molecular weight excluding hydrogens is 384 g/mol. The minimum atomic E-state index is -3.60. The van der Waals surface area contributed by atoms with Gasteiger partial charge < -0.3 is 9.64 Å². The second-order valence-corrected chi connectivity index (χ2v) is 9.08. The summed E-state index contributed by atoms with van der Waals surface area (Å²) >= 11 is 0. The summed E-state index contributed by atoms with van der Waals surface area (Å²) in [6, 6.07) is 7.58. The van der Waals surface area contributed by atoms with Crippen molar-refractivity contribution in [2.75, 3.05) is 11.4 Å². The van der Waals surface area contributed by atoms with E-state index in [1.807, 2.05) is 11.0 Å². The van der Waals surface area contributed by atoms with Gasteiger partial charge in [0.15, 0.2) is 15.7 Å². The molecule has 7 heteroatoms. The average molecular weight is 407 g/mol. The lowest BCUT2D eigenvalue weighted by Gasteiger charge is -2.32. The van der Waals surface area contributed by atoms with Crippen LogP contribution < -0.4 is 4.90 Å². The van der Waals surface area contributed by atoms with Gasteiger partial charge >= 0.3 is 0 Å². The molecule has 0 spiro atoms. The summed E-state index contributed by atoms with van der Waals surface area (Å²) in [6.45, 7) is 8.37. The quantitative estimate of drug-likeness (QED) is 0.702. The first-order valence-electron chi connectivity index (χ1n) is 9.06. The number of hydrogen-bond donors (Lipinski definition) is 0. The Morgan fingerprint density at radius 1 is 1.11 bits per heavy atom. The molecule has 0 aliphatic carbocycles. The number of rotatable bonds is 6. The first-order valence-corrected chi connectivity index (χ1v) is 10.9. The van der Waals surface area contributed by atoms with Gasteiger partial charge in [0, 0.05) is 17.7 Å². The van der Waals surface area contributed by atoms with Crippen molar-refractivity contribution in [1.82, 2.24) is 0 Å². The lowest BCUT2D eigenvalue weighted by molar-refractivity contribution is 0.181. The maximum atomic E-state index is 13.7. The van der Waals surface area contributed by atoms with E-state index in [0.717, 1.165) is 36.3 Å². The molecule has 0 N–H and O–H groups in total. The van der Waals surface area contributed by atoms with Gasteiger partial charge in [0.05, 0.1) is 17.2 Å². The number of benzene rings is 2. The van der Waals surface area contributed by atoms with Crippen molar-refractivity contribution >= 4 is 15.5 Å². The van der Waals surface area contributed by atoms with Gasteiger partial charge in [0.2, 0.25) is 0 Å². The highest BCUT2D eigenvalue weighted by Crippen LogP contribution is 2.32. The maximum Gasteiger partial charge on any atom is 0.186 e. The first kappa shape index (κ1) is 20.3. The van der Waals surface area contributed by atoms with Gasteiger partial charge in [-0.05, 0) is 55.3 Å². The Hall–Kier alpha value is -2.41. The molecule has 2 aromatic carbocycles. The Kier molecular flexibility index (Phi) is 5.74. The number of hydrogen-bond acceptors (Lipinski definition) is 4. The minimum Gasteiger partial charge on any atom is -0.474 e. The Morgan fingerprint density at radius 3 is 2.39 bits per heavy atom. The molecule has 0 amide bonds. The number of sulfone groups is 1. The lowest BCUT2D eigenvalue weighted by atomic mass is 10.1. The van der Waals surface area contributed by atoms with Crippen LogP contribution in [0.4, 0.5) is 14.5 Å². The van der Waals surface area contributed by atoms with Crippen LogP contribution >= 0.6 is 0 Å². The van der Waals surface area contributed by atoms with E-state index in [-0.39, 0.29) is 16.9 Å². The van der Waals surface area contributed by atoms with Crippen molar-refractivity contribution in [2.24, 2.45) is 0 Å². The summed E-state index contributed by atoms with van der Waals surface area (Å²) in [5, 5.41) is 0. The summed E-state index contributed by atoms with van der Waals surface area (Å²) in [5.41, 5.74) is 2.45. The fraction of sp³-hybridized carbons (Fsp3) is 0.333. The van der Waals surface area contributed by atoms with Gasteiger partial charge in [-0.15, -0.1) is 0 Å². The van der Waals surface area contributed by atoms with Crippen molar-refractivity contribution < 1.29 is 21.9 Å². The van der Waals surface area contributed by atoms with Crippen LogP contribution in [-0.4, -0.2) is 15.0 Å². The normalized spacial score (nSPS) is 14.0. The molecule has 0 saturated carbocycles. The van der Waals surface area contributed by atoms with Gasteiger partial charge in [-0.1, -0.05) is 13.0 Å². The predicted octanol–water partition coefficient (Wildman–Crippen LogP) is 4.61. The molecule has 0 atom stereocenters. The average Bonchev–Trinajstić information content (AvgIpc) is 2.61. The molecule has 28 heavy (non-hydrogen) atoms. The standard InChI is InChI=1S/C21H23F2NO3S/c1-4-7-24-15(3)27-11-18-8-16(5-6-21(18)24)12-28(25,26)13-17-9-19(22)14(2)20(23)10-17/h5-6,8-10H,3-4,7,11-13H2,1-2H3. The van der Waals surface area contributed by atoms with Crippen LogP contribution in [0.1, 0.15) is 35.6 Å². The van der Waals surface area contributed by atoms with E-state index in [2.05, 4.69) is 13.5 Å². The van der Waals surface area contributed by atoms with E-state index in [4.69, 9.17) is 4.74 Å². The third kappa shape index (κ3) is 4.35. The smallest absolute Gasteiger partial charge is 0.186 e. The molecule has 0 aromatic heterocycles. The lowest BCUT2D eigenvalue weighted by Crippen LogP contribution is -2.29. The van der Waals surface area contributed by atoms with Crippen LogP contribution in [0, 0.1) is 18.6 Å². The van der Waals surface area contributed by atoms with Crippen LogP contribution in [0.25, 0.3) is 0 Å². The molecule has 0 bridgehead atoms. The zero-order valence-electron chi connectivity index (χ0n) is 16.0. The fourth-order valence-corrected chi connectivity index (χ4v) is 4.75. The van der Waals surface area contributed by atoms with Crippen molar-refractivity contribution in [2.45, 2.75) is 38.4 Å². The molecule has 0 saturated heterocycles. The zero-order valence-corrected chi connectivity index (χ0v) is 16.8. The van der Waals surface area contributed by atoms with Crippen molar-refractivity contribution in [3.63, 3.8) is 0 Å². The molecule has 3 rings (SSSR count). The van der Waals surface area contributed by atoms with Gasteiger partial charge in [-0.3, -0.25) is 0 Å². The van der Waals surface area contributed by atoms with Gasteiger partial charge in [-0.2, -0.15) is 0 Å². The Balaban J connectivity index is 1.81. The largest absolute Gasteiger partial charge is 0.474 e. The number of anilines is 1. The molecule has 0 radical (unpaired) electrons. The summed E-state index contributed by atoms with van der Waals surface area (Å²) in [7, 11) is -3.60. The molecule has 4 nitrogen and oxygen atoms in total. The zero-order chi connectivity index (χ0) is 20.5. The second kappa shape index (κ2) is 7.91. The fourth-order valence-electron chi connectivity index (χ4n) is 3.29. The topological polar surface area (TPSA) is 46.6 Å². The summed E-state index contributed by atoms with van der Waals surface area (Å²) in [6.07, 6.45) is 0.918. The molecule has 0 unspecified atom stereocenters. The number of nitrogens with zero attached hydrogens (tertiary/aromatic N) is 1. The van der Waals surface area contributed by atoms with E-state index in [0.29, 0.717) is 18.1 Å². The van der Waals surface area contributed by atoms with Crippen LogP contribution in [0.2, 0.25) is 0 Å². The number of fused-ring (bicyclic) bond motifs is 1. The van der Waals surface area contributed by atoms with E-state index < -0.39 is 27.2 Å². The van der Waals surface area contributed by atoms with Crippen LogP contribution in [0.3, 0.4) is 0 Å². The van der Waals surface area contributed by atoms with E-state index in [9.17, 15) is 17.2 Å². The molecule has 1 heterocycles. The van der Waals surface area contributed by atoms with Crippen LogP contribution in [0.15, 0.2) is 42.8 Å². The van der Waals surface area contributed by atoms with Gasteiger partial charge in [0.1, 0.15) is 18.2 Å². The first-order chi connectivity index (χ1) is 13.2. The van der Waals surface area contributed by atoms with Crippen molar-refractivity contribution in [1.29, 1.82) is 0 Å². The third-order valence-electron chi connectivity index (χ3n) is 4.69. The third-order valence-corrected chi connectivity index (χ3v) is 6.24. The molecular formula is C21H23F2NO3S. The molecule has 0 fully saturated rings. The molecule has 1 aliphatic rings. The highest BCUT2D eigenvalue weighted by molar-refractivity contribution is 7.89. The molecule has 150 valence electrons.